The second kappa shape index (κ2) is 5.90. The minimum atomic E-state index is -0.319. The largest absolute Gasteiger partial charge is 0.358 e. The Morgan fingerprint density at radius 3 is 2.57 bits per heavy atom. The summed E-state index contributed by atoms with van der Waals surface area (Å²) in [6.07, 6.45) is 1.69. The summed E-state index contributed by atoms with van der Waals surface area (Å²) in [6.45, 7) is 8.71. The lowest BCUT2D eigenvalue weighted by Crippen LogP contribution is -2.49. The van der Waals surface area contributed by atoms with E-state index in [9.17, 15) is 4.79 Å². The van der Waals surface area contributed by atoms with Crippen LogP contribution in [-0.4, -0.2) is 23.0 Å². The first-order valence-corrected chi connectivity index (χ1v) is 7.56. The number of aryl methyl sites for hydroxylation is 2. The number of carbonyl (C=O) groups is 1. The van der Waals surface area contributed by atoms with E-state index in [1.54, 1.807) is 0 Å². The maximum Gasteiger partial charge on any atom is 0.251 e. The van der Waals surface area contributed by atoms with Gasteiger partial charge in [-0.1, -0.05) is 13.8 Å². The summed E-state index contributed by atoms with van der Waals surface area (Å²) in [7, 11) is 0. The molecule has 0 unspecified atom stereocenters. The summed E-state index contributed by atoms with van der Waals surface area (Å²) in [5.41, 5.74) is 9.98. The molecule has 0 bridgehead atoms. The normalized spacial score (nSPS) is 11.9. The lowest BCUT2D eigenvalue weighted by atomic mass is 9.94. The molecule has 114 valence electrons. The number of hydrogen-bond donors (Lipinski definition) is 3. The number of amides is 1. The number of H-pyrrole nitrogens is 1. The standard InChI is InChI=1S/C17H25N3O/c1-5-17(18,6-2)10-19-16(21)13-7-8-15-14(9-13)11(3)12(4)20-15/h7-9,20H,5-6,10,18H2,1-4H3,(H,19,21). The molecule has 0 fully saturated rings. The van der Waals surface area contributed by atoms with Crippen molar-refractivity contribution in [3.63, 3.8) is 0 Å². The van der Waals surface area contributed by atoms with Crippen molar-refractivity contribution in [1.82, 2.24) is 10.3 Å². The molecule has 0 saturated carbocycles. The molecule has 0 atom stereocenters. The van der Waals surface area contributed by atoms with Gasteiger partial charge < -0.3 is 16.0 Å². The zero-order valence-corrected chi connectivity index (χ0v) is 13.3. The Labute approximate surface area is 126 Å². The van der Waals surface area contributed by atoms with Crippen LogP contribution in [0.5, 0.6) is 0 Å². The highest BCUT2D eigenvalue weighted by atomic mass is 16.1. The van der Waals surface area contributed by atoms with Gasteiger partial charge in [-0.2, -0.15) is 0 Å². The molecular formula is C17H25N3O. The molecule has 0 aliphatic carbocycles. The maximum absolute atomic E-state index is 12.3. The topological polar surface area (TPSA) is 70.9 Å². The molecule has 1 aromatic heterocycles. The molecule has 0 spiro atoms. The number of nitrogens with two attached hydrogens (primary N) is 1. The predicted molar refractivity (Wildman–Crippen MR) is 87.6 cm³/mol. The van der Waals surface area contributed by atoms with Crippen molar-refractivity contribution >= 4 is 16.8 Å². The third-order valence-corrected chi connectivity index (χ3v) is 4.58. The molecule has 0 radical (unpaired) electrons. The van der Waals surface area contributed by atoms with Gasteiger partial charge in [0.2, 0.25) is 0 Å². The average Bonchev–Trinajstić information content (AvgIpc) is 2.79. The summed E-state index contributed by atoms with van der Waals surface area (Å²) in [4.78, 5) is 15.6. The molecule has 1 aromatic carbocycles. The van der Waals surface area contributed by atoms with E-state index in [2.05, 4.69) is 17.2 Å². The van der Waals surface area contributed by atoms with Crippen molar-refractivity contribution in [3.05, 3.63) is 35.0 Å². The molecule has 0 aliphatic heterocycles. The summed E-state index contributed by atoms with van der Waals surface area (Å²) in [6, 6.07) is 5.75. The number of carbonyl (C=O) groups excluding carboxylic acids is 1. The highest BCUT2D eigenvalue weighted by molar-refractivity contribution is 5.99. The molecule has 4 N–H and O–H groups in total. The van der Waals surface area contributed by atoms with Crippen LogP contribution in [0.2, 0.25) is 0 Å². The average molecular weight is 287 g/mol. The fourth-order valence-corrected chi connectivity index (χ4v) is 2.46. The maximum atomic E-state index is 12.3. The van der Waals surface area contributed by atoms with E-state index in [0.717, 1.165) is 29.4 Å². The lowest BCUT2D eigenvalue weighted by molar-refractivity contribution is 0.0942. The Hall–Kier alpha value is -1.81. The molecule has 2 rings (SSSR count). The van der Waals surface area contributed by atoms with Crippen LogP contribution >= 0.6 is 0 Å². The molecule has 21 heavy (non-hydrogen) atoms. The summed E-state index contributed by atoms with van der Waals surface area (Å²) in [5.74, 6) is -0.0631. The van der Waals surface area contributed by atoms with Crippen molar-refractivity contribution < 1.29 is 4.79 Å². The molecule has 0 aliphatic rings. The monoisotopic (exact) mass is 287 g/mol. The van der Waals surface area contributed by atoms with E-state index in [1.807, 2.05) is 39.0 Å². The SMILES string of the molecule is CCC(N)(CC)CNC(=O)c1ccc2[nH]c(C)c(C)c2c1. The van der Waals surface area contributed by atoms with Gasteiger partial charge in [-0.25, -0.2) is 0 Å². The van der Waals surface area contributed by atoms with Gasteiger partial charge in [-0.15, -0.1) is 0 Å². The Morgan fingerprint density at radius 1 is 1.29 bits per heavy atom. The third-order valence-electron chi connectivity index (χ3n) is 4.58. The third kappa shape index (κ3) is 3.10. The highest BCUT2D eigenvalue weighted by Crippen LogP contribution is 2.22. The Balaban J connectivity index is 2.18. The quantitative estimate of drug-likeness (QED) is 0.791. The van der Waals surface area contributed by atoms with Crippen LogP contribution in [0.15, 0.2) is 18.2 Å². The van der Waals surface area contributed by atoms with E-state index in [-0.39, 0.29) is 11.4 Å². The second-order valence-corrected chi connectivity index (χ2v) is 5.89. The van der Waals surface area contributed by atoms with Gasteiger partial charge in [-0.05, 0) is 50.5 Å². The van der Waals surface area contributed by atoms with Crippen molar-refractivity contribution in [1.29, 1.82) is 0 Å². The van der Waals surface area contributed by atoms with Crippen LogP contribution in [0.25, 0.3) is 10.9 Å². The predicted octanol–water partition coefficient (Wildman–Crippen LogP) is 3.03. The van der Waals surface area contributed by atoms with Gasteiger partial charge in [-0.3, -0.25) is 4.79 Å². The zero-order valence-electron chi connectivity index (χ0n) is 13.3. The molecule has 4 nitrogen and oxygen atoms in total. The van der Waals surface area contributed by atoms with E-state index >= 15 is 0 Å². The summed E-state index contributed by atoms with van der Waals surface area (Å²) in [5, 5.41) is 4.06. The van der Waals surface area contributed by atoms with Gasteiger partial charge in [0.25, 0.3) is 5.91 Å². The van der Waals surface area contributed by atoms with Crippen molar-refractivity contribution in [2.45, 2.75) is 46.1 Å². The van der Waals surface area contributed by atoms with E-state index in [0.29, 0.717) is 12.1 Å². The Kier molecular flexibility index (Phi) is 4.37. The fourth-order valence-electron chi connectivity index (χ4n) is 2.46. The number of rotatable bonds is 5. The zero-order chi connectivity index (χ0) is 15.6. The van der Waals surface area contributed by atoms with Gasteiger partial charge >= 0.3 is 0 Å². The summed E-state index contributed by atoms with van der Waals surface area (Å²) < 4.78 is 0. The van der Waals surface area contributed by atoms with Crippen LogP contribution in [0.4, 0.5) is 0 Å². The Bertz CT molecular complexity index is 653. The molecule has 2 aromatic rings. The van der Waals surface area contributed by atoms with Gasteiger partial charge in [0, 0.05) is 34.2 Å². The van der Waals surface area contributed by atoms with Crippen LogP contribution < -0.4 is 11.1 Å². The van der Waals surface area contributed by atoms with Crippen LogP contribution in [0.1, 0.15) is 48.3 Å². The first-order chi connectivity index (χ1) is 9.90. The number of nitrogens with one attached hydrogen (secondary N) is 2. The smallest absolute Gasteiger partial charge is 0.251 e. The molecule has 1 amide bonds. The summed E-state index contributed by atoms with van der Waals surface area (Å²) >= 11 is 0. The lowest BCUT2D eigenvalue weighted by Gasteiger charge is -2.26. The molecule has 0 saturated heterocycles. The van der Waals surface area contributed by atoms with E-state index in [1.165, 1.54) is 5.56 Å². The van der Waals surface area contributed by atoms with E-state index < -0.39 is 0 Å². The van der Waals surface area contributed by atoms with Crippen molar-refractivity contribution in [2.24, 2.45) is 5.73 Å². The first-order valence-electron chi connectivity index (χ1n) is 7.56. The van der Waals surface area contributed by atoms with Crippen LogP contribution in [0.3, 0.4) is 0 Å². The number of aromatic amines is 1. The van der Waals surface area contributed by atoms with Gasteiger partial charge in [0.15, 0.2) is 0 Å². The number of aromatic nitrogens is 1. The minimum Gasteiger partial charge on any atom is -0.358 e. The molecule has 4 heteroatoms. The molecule has 1 heterocycles. The first kappa shape index (κ1) is 15.6. The minimum absolute atomic E-state index is 0.0631. The van der Waals surface area contributed by atoms with Crippen LogP contribution in [0, 0.1) is 13.8 Å². The van der Waals surface area contributed by atoms with Gasteiger partial charge in [0.1, 0.15) is 0 Å². The van der Waals surface area contributed by atoms with Crippen molar-refractivity contribution in [3.8, 4) is 0 Å². The van der Waals surface area contributed by atoms with Crippen LogP contribution in [-0.2, 0) is 0 Å². The fraction of sp³-hybridized carbons (Fsp3) is 0.471. The number of fused-ring (bicyclic) bond motifs is 1. The number of benzene rings is 1. The Morgan fingerprint density at radius 2 is 1.95 bits per heavy atom. The van der Waals surface area contributed by atoms with Gasteiger partial charge in [0.05, 0.1) is 0 Å². The van der Waals surface area contributed by atoms with Crippen molar-refractivity contribution in [2.75, 3.05) is 6.54 Å². The second-order valence-electron chi connectivity index (χ2n) is 5.89. The number of hydrogen-bond acceptors (Lipinski definition) is 2. The highest BCUT2D eigenvalue weighted by Gasteiger charge is 2.21. The molecular weight excluding hydrogens is 262 g/mol. The van der Waals surface area contributed by atoms with E-state index in [4.69, 9.17) is 5.73 Å².